The minimum atomic E-state index is -4.64. The van der Waals surface area contributed by atoms with E-state index in [2.05, 4.69) is 0 Å². The van der Waals surface area contributed by atoms with Crippen LogP contribution in [0.3, 0.4) is 0 Å². The molecule has 0 saturated heterocycles. The van der Waals surface area contributed by atoms with Crippen LogP contribution in [0.5, 0.6) is 0 Å². The molecule has 0 bridgehead atoms. The molecule has 0 aliphatic carbocycles. The molecule has 0 heterocycles. The number of rotatable bonds is 0. The first-order valence-corrected chi connectivity index (χ1v) is 2.35. The monoisotopic (exact) mass is 319 g/mol. The van der Waals surface area contributed by atoms with Crippen molar-refractivity contribution in [3.05, 3.63) is 0 Å². The van der Waals surface area contributed by atoms with Crippen LogP contribution in [-0.2, 0) is 53.1 Å². The maximum Gasteiger partial charge on any atom is 0 e. The molecule has 0 atom stereocenters. The predicted octanol–water partition coefficient (Wildman–Crippen LogP) is -1.58. The second kappa shape index (κ2) is 9.73. The molecule has 3 N–H and O–H groups in total. The van der Waals surface area contributed by atoms with E-state index >= 15 is 0 Å². The third-order valence-corrected chi connectivity index (χ3v) is 0. The average Bonchev–Trinajstić information content (AvgIpc) is 0.722. The first-order chi connectivity index (χ1) is 2.00. The van der Waals surface area contributed by atoms with Gasteiger partial charge in [-0.15, -0.1) is 0 Å². The van der Waals surface area contributed by atoms with Gasteiger partial charge >= 0.3 is 37.4 Å². The fourth-order valence-corrected chi connectivity index (χ4v) is 0. The molecule has 0 fully saturated rings. The van der Waals surface area contributed by atoms with Crippen molar-refractivity contribution in [2.24, 2.45) is 0 Å². The molecule has 8 heteroatoms. The van der Waals surface area contributed by atoms with E-state index in [4.69, 9.17) is 19.2 Å². The Balaban J connectivity index is -0.0000000267. The summed E-state index contributed by atoms with van der Waals surface area (Å²) in [6.45, 7) is 0. The van der Waals surface area contributed by atoms with Gasteiger partial charge in [-0.05, 0) is 0 Å². The second-order valence-electron chi connectivity index (χ2n) is 0.513. The Labute approximate surface area is 104 Å². The van der Waals surface area contributed by atoms with Crippen molar-refractivity contribution in [1.82, 2.24) is 0 Å². The number of hydrogen-bond acceptors (Lipinski definition) is 1. The summed E-state index contributed by atoms with van der Waals surface area (Å²) >= 11 is 0. The van der Waals surface area contributed by atoms with Gasteiger partial charge in [0.05, 0.1) is 0 Å². The van der Waals surface area contributed by atoms with E-state index in [1.165, 1.54) is 0 Å². The average molecular weight is 321 g/mol. The van der Waals surface area contributed by atoms with Gasteiger partial charge in [0.1, 0.15) is 0 Å². The number of hydrogen-bond donors (Lipinski definition) is 3. The van der Waals surface area contributed by atoms with E-state index in [9.17, 15) is 0 Å². The molecular formula is H4AgNaO4PZr. The molecule has 0 unspecified atom stereocenters. The van der Waals surface area contributed by atoms with Crippen LogP contribution in [0.2, 0.25) is 0 Å². The number of phosphoric acid groups is 1. The van der Waals surface area contributed by atoms with E-state index in [0.29, 0.717) is 0 Å². The van der Waals surface area contributed by atoms with E-state index in [-0.39, 0.29) is 78.1 Å². The molecule has 0 aromatic rings. The molecule has 0 aliphatic heterocycles. The molecule has 0 spiro atoms. The zero-order valence-corrected chi connectivity index (χ0v) is 7.83. The molecule has 1 radical (unpaired) electrons. The van der Waals surface area contributed by atoms with E-state index in [1.807, 2.05) is 0 Å². The fraction of sp³-hybridized carbons (Fsp3) is 0. The van der Waals surface area contributed by atoms with Crippen LogP contribution in [0, 0.1) is 0 Å². The summed E-state index contributed by atoms with van der Waals surface area (Å²) in [6.07, 6.45) is 0. The molecule has 0 rings (SSSR count). The van der Waals surface area contributed by atoms with Gasteiger partial charge in [0.25, 0.3) is 0 Å². The second-order valence-corrected chi connectivity index (χ2v) is 1.54. The van der Waals surface area contributed by atoms with Gasteiger partial charge in [0.2, 0.25) is 0 Å². The summed E-state index contributed by atoms with van der Waals surface area (Å²) < 4.78 is 8.88. The van der Waals surface area contributed by atoms with Crippen LogP contribution in [-0.4, -0.2) is 44.2 Å². The SMILES string of the molecule is O=P(O)(O)O.[Ag].[NaH].[Zr]. The Bertz CT molecular complexity index is 62.2. The maximum absolute atomic E-state index is 8.88. The van der Waals surface area contributed by atoms with Crippen LogP contribution in [0.1, 0.15) is 0 Å². The van der Waals surface area contributed by atoms with Gasteiger partial charge in [-0.3, -0.25) is 0 Å². The van der Waals surface area contributed by atoms with E-state index in [1.54, 1.807) is 0 Å². The molecule has 4 nitrogen and oxygen atoms in total. The van der Waals surface area contributed by atoms with Gasteiger partial charge in [-0.2, -0.15) is 0 Å². The minimum Gasteiger partial charge on any atom is 0 e. The predicted molar refractivity (Wildman–Crippen MR) is 21.4 cm³/mol. The molecule has 0 aromatic carbocycles. The summed E-state index contributed by atoms with van der Waals surface area (Å²) in [6, 6.07) is 0. The van der Waals surface area contributed by atoms with Crippen LogP contribution in [0.25, 0.3) is 0 Å². The topological polar surface area (TPSA) is 77.8 Å². The summed E-state index contributed by atoms with van der Waals surface area (Å²) in [5.74, 6) is 0. The van der Waals surface area contributed by atoms with Gasteiger partial charge in [-0.25, -0.2) is 4.57 Å². The Hall–Kier alpha value is 2.73. The minimum absolute atomic E-state index is 0. The quantitative estimate of drug-likeness (QED) is 0.372. The van der Waals surface area contributed by atoms with Crippen LogP contribution >= 0.6 is 7.82 Å². The standard InChI is InChI=1S/Ag.Na.H3O4P.Zr.H/c;;1-5(2,3)4;;/h;;(H3,1,2,3,4);;. The van der Waals surface area contributed by atoms with Crippen LogP contribution in [0.15, 0.2) is 0 Å². The van der Waals surface area contributed by atoms with Crippen LogP contribution in [0.4, 0.5) is 0 Å². The first kappa shape index (κ1) is 22.4. The first-order valence-electron chi connectivity index (χ1n) is 0.783. The molecular weight excluding hydrogens is 317 g/mol. The van der Waals surface area contributed by atoms with Crippen molar-refractivity contribution in [2.75, 3.05) is 0 Å². The Morgan fingerprint density at radius 2 is 1.12 bits per heavy atom. The third kappa shape index (κ3) is 69.9. The van der Waals surface area contributed by atoms with Crippen molar-refractivity contribution >= 4 is 37.4 Å². The largest absolute Gasteiger partial charge is 0 e. The third-order valence-electron chi connectivity index (χ3n) is 0. The van der Waals surface area contributed by atoms with Crippen molar-refractivity contribution in [1.29, 1.82) is 0 Å². The maximum atomic E-state index is 8.88. The summed E-state index contributed by atoms with van der Waals surface area (Å²) in [5, 5.41) is 0. The fourth-order valence-electron chi connectivity index (χ4n) is 0. The molecule has 8 heavy (non-hydrogen) atoms. The normalized spacial score (nSPS) is 7.38. The van der Waals surface area contributed by atoms with E-state index in [0.717, 1.165) is 0 Å². The summed E-state index contributed by atoms with van der Waals surface area (Å²) in [7, 11) is -4.64. The van der Waals surface area contributed by atoms with E-state index < -0.39 is 7.82 Å². The van der Waals surface area contributed by atoms with Gasteiger partial charge in [0.15, 0.2) is 0 Å². The van der Waals surface area contributed by atoms with Gasteiger partial charge < -0.3 is 14.7 Å². The molecule has 0 aromatic heterocycles. The Kier molecular flexibility index (Phi) is 27.3. The molecule has 0 amide bonds. The smallest absolute Gasteiger partial charge is 0 e. The zero-order valence-electron chi connectivity index (χ0n) is 3.00. The van der Waals surface area contributed by atoms with Crippen molar-refractivity contribution in [3.63, 3.8) is 0 Å². The molecule has 0 aliphatic rings. The van der Waals surface area contributed by atoms with Gasteiger partial charge in [0, 0.05) is 48.6 Å². The van der Waals surface area contributed by atoms with Gasteiger partial charge in [-0.1, -0.05) is 0 Å². The zero-order chi connectivity index (χ0) is 4.50. The van der Waals surface area contributed by atoms with Crippen molar-refractivity contribution in [2.45, 2.75) is 0 Å². The summed E-state index contributed by atoms with van der Waals surface area (Å²) in [5.41, 5.74) is 0. The van der Waals surface area contributed by atoms with Crippen molar-refractivity contribution < 1.29 is 67.8 Å². The molecule has 49 valence electrons. The summed E-state index contributed by atoms with van der Waals surface area (Å²) in [4.78, 5) is 21.6. The molecule has 0 saturated carbocycles. The van der Waals surface area contributed by atoms with Crippen molar-refractivity contribution in [3.8, 4) is 0 Å². The Morgan fingerprint density at radius 1 is 1.12 bits per heavy atom. The Morgan fingerprint density at radius 3 is 1.12 bits per heavy atom. The van der Waals surface area contributed by atoms with Crippen LogP contribution < -0.4 is 0 Å².